The van der Waals surface area contributed by atoms with Crippen LogP contribution in [0.25, 0.3) is 0 Å². The van der Waals surface area contributed by atoms with Crippen molar-refractivity contribution < 1.29 is 4.79 Å². The number of amides is 2. The van der Waals surface area contributed by atoms with Crippen molar-refractivity contribution >= 4 is 11.7 Å². The van der Waals surface area contributed by atoms with Gasteiger partial charge in [0.2, 0.25) is 0 Å². The Bertz CT molecular complexity index is 497. The fourth-order valence-corrected chi connectivity index (χ4v) is 2.58. The topological polar surface area (TPSA) is 23.6 Å². The lowest BCUT2D eigenvalue weighted by atomic mass is 10.1. The molecule has 19 heavy (non-hydrogen) atoms. The van der Waals surface area contributed by atoms with Crippen LogP contribution in [0, 0.1) is 13.8 Å². The van der Waals surface area contributed by atoms with Crippen LogP contribution in [0.3, 0.4) is 0 Å². The minimum Gasteiger partial charge on any atom is -0.330 e. The second-order valence-corrected chi connectivity index (χ2v) is 5.34. The van der Waals surface area contributed by atoms with Gasteiger partial charge in [0.25, 0.3) is 0 Å². The van der Waals surface area contributed by atoms with Crippen LogP contribution in [0.15, 0.2) is 30.0 Å². The standard InChI is InChI=1S/C16H22N2O/c1-12-8-7-9-13(2)15(12)18(16(19)17(3)4)14-10-5-6-11-14/h7-10H,5-6,11H2,1-4H3. The molecule has 2 amide bonds. The smallest absolute Gasteiger partial charge is 0.328 e. The lowest BCUT2D eigenvalue weighted by molar-refractivity contribution is 0.225. The molecule has 1 aliphatic carbocycles. The van der Waals surface area contributed by atoms with Crippen molar-refractivity contribution in [3.63, 3.8) is 0 Å². The zero-order chi connectivity index (χ0) is 14.0. The Morgan fingerprint density at radius 2 is 1.79 bits per heavy atom. The predicted octanol–water partition coefficient (Wildman–Crippen LogP) is 3.86. The first-order valence-corrected chi connectivity index (χ1v) is 6.79. The lowest BCUT2D eigenvalue weighted by Crippen LogP contribution is -2.39. The highest BCUT2D eigenvalue weighted by molar-refractivity contribution is 5.96. The summed E-state index contributed by atoms with van der Waals surface area (Å²) in [6.45, 7) is 4.13. The maximum atomic E-state index is 12.5. The first kappa shape index (κ1) is 13.7. The van der Waals surface area contributed by atoms with Crippen molar-refractivity contribution in [1.29, 1.82) is 0 Å². The van der Waals surface area contributed by atoms with Crippen molar-refractivity contribution in [3.05, 3.63) is 41.1 Å². The van der Waals surface area contributed by atoms with Gasteiger partial charge in [-0.1, -0.05) is 24.3 Å². The molecule has 0 radical (unpaired) electrons. The van der Waals surface area contributed by atoms with E-state index in [1.165, 1.54) is 0 Å². The average Bonchev–Trinajstić information content (AvgIpc) is 2.86. The third kappa shape index (κ3) is 2.65. The molecule has 1 aliphatic rings. The molecule has 0 unspecified atom stereocenters. The number of hydrogen-bond donors (Lipinski definition) is 0. The van der Waals surface area contributed by atoms with Crippen LogP contribution in [-0.4, -0.2) is 25.0 Å². The lowest BCUT2D eigenvalue weighted by Gasteiger charge is -2.30. The molecule has 0 saturated heterocycles. The van der Waals surface area contributed by atoms with Crippen LogP contribution in [0.5, 0.6) is 0 Å². The largest absolute Gasteiger partial charge is 0.330 e. The molecule has 1 aromatic carbocycles. The monoisotopic (exact) mass is 258 g/mol. The number of carbonyl (C=O) groups excluding carboxylic acids is 1. The van der Waals surface area contributed by atoms with Crippen LogP contribution >= 0.6 is 0 Å². The van der Waals surface area contributed by atoms with E-state index in [2.05, 4.69) is 32.1 Å². The second-order valence-electron chi connectivity index (χ2n) is 5.34. The summed E-state index contributed by atoms with van der Waals surface area (Å²) in [5.74, 6) is 0. The molecule has 1 aromatic rings. The molecule has 0 spiro atoms. The Morgan fingerprint density at radius 3 is 2.26 bits per heavy atom. The number of hydrogen-bond acceptors (Lipinski definition) is 1. The Hall–Kier alpha value is -1.77. The van der Waals surface area contributed by atoms with Gasteiger partial charge in [-0.25, -0.2) is 4.79 Å². The highest BCUT2D eigenvalue weighted by Gasteiger charge is 2.25. The van der Waals surface area contributed by atoms with E-state index in [4.69, 9.17) is 0 Å². The Balaban J connectivity index is 2.51. The Kier molecular flexibility index (Phi) is 3.93. The minimum absolute atomic E-state index is 0.0329. The summed E-state index contributed by atoms with van der Waals surface area (Å²) in [5, 5.41) is 0. The number of anilines is 1. The van der Waals surface area contributed by atoms with Crippen LogP contribution < -0.4 is 4.90 Å². The van der Waals surface area contributed by atoms with E-state index >= 15 is 0 Å². The van der Waals surface area contributed by atoms with Crippen LogP contribution in [0.1, 0.15) is 30.4 Å². The fraction of sp³-hybridized carbons (Fsp3) is 0.438. The van der Waals surface area contributed by atoms with Crippen LogP contribution in [-0.2, 0) is 0 Å². The van der Waals surface area contributed by atoms with Crippen LogP contribution in [0.2, 0.25) is 0 Å². The zero-order valence-electron chi connectivity index (χ0n) is 12.2. The number of para-hydroxylation sites is 1. The summed E-state index contributed by atoms with van der Waals surface area (Å²) < 4.78 is 0. The number of benzene rings is 1. The van der Waals surface area contributed by atoms with Gasteiger partial charge in [0.05, 0.1) is 5.69 Å². The zero-order valence-corrected chi connectivity index (χ0v) is 12.2. The van der Waals surface area contributed by atoms with E-state index in [1.54, 1.807) is 19.0 Å². The van der Waals surface area contributed by atoms with Crippen LogP contribution in [0.4, 0.5) is 10.5 Å². The molecule has 0 atom stereocenters. The molecule has 3 heteroatoms. The maximum absolute atomic E-state index is 12.5. The highest BCUT2D eigenvalue weighted by atomic mass is 16.2. The first-order valence-electron chi connectivity index (χ1n) is 6.79. The highest BCUT2D eigenvalue weighted by Crippen LogP contribution is 2.32. The van der Waals surface area contributed by atoms with Crippen molar-refractivity contribution in [1.82, 2.24) is 4.90 Å². The Morgan fingerprint density at radius 1 is 1.16 bits per heavy atom. The summed E-state index contributed by atoms with van der Waals surface area (Å²) >= 11 is 0. The summed E-state index contributed by atoms with van der Waals surface area (Å²) in [4.78, 5) is 16.1. The van der Waals surface area contributed by atoms with Gasteiger partial charge in [0.15, 0.2) is 0 Å². The third-order valence-corrected chi connectivity index (χ3v) is 3.54. The molecule has 102 valence electrons. The number of allylic oxidation sites excluding steroid dienone is 2. The van der Waals surface area contributed by atoms with Gasteiger partial charge in [-0.15, -0.1) is 0 Å². The van der Waals surface area contributed by atoms with Crippen molar-refractivity contribution in [3.8, 4) is 0 Å². The molecule has 0 aliphatic heterocycles. The van der Waals surface area contributed by atoms with Gasteiger partial charge in [-0.05, 0) is 44.2 Å². The average molecular weight is 258 g/mol. The van der Waals surface area contributed by atoms with Gasteiger partial charge >= 0.3 is 6.03 Å². The van der Waals surface area contributed by atoms with Gasteiger partial charge < -0.3 is 4.90 Å². The van der Waals surface area contributed by atoms with Crippen molar-refractivity contribution in [2.45, 2.75) is 33.1 Å². The SMILES string of the molecule is Cc1cccc(C)c1N(C(=O)N(C)C)C1=CCCC1. The number of rotatable bonds is 2. The molecule has 0 heterocycles. The molecular formula is C16H22N2O. The van der Waals surface area contributed by atoms with Gasteiger partial charge in [0.1, 0.15) is 0 Å². The van der Waals surface area contributed by atoms with E-state index in [9.17, 15) is 4.79 Å². The summed E-state index contributed by atoms with van der Waals surface area (Å²) in [5.41, 5.74) is 4.46. The number of aryl methyl sites for hydroxylation is 2. The molecular weight excluding hydrogens is 236 g/mol. The molecule has 3 nitrogen and oxygen atoms in total. The summed E-state index contributed by atoms with van der Waals surface area (Å²) in [6, 6.07) is 6.20. The summed E-state index contributed by atoms with van der Waals surface area (Å²) in [7, 11) is 3.61. The van der Waals surface area contributed by atoms with Crippen molar-refractivity contribution in [2.24, 2.45) is 0 Å². The van der Waals surface area contributed by atoms with E-state index in [-0.39, 0.29) is 6.03 Å². The molecule has 0 N–H and O–H groups in total. The Labute approximate surface area is 115 Å². The summed E-state index contributed by atoms with van der Waals surface area (Å²) in [6.07, 6.45) is 5.37. The third-order valence-electron chi connectivity index (χ3n) is 3.54. The fourth-order valence-electron chi connectivity index (χ4n) is 2.58. The number of nitrogens with zero attached hydrogens (tertiary/aromatic N) is 2. The second kappa shape index (κ2) is 5.47. The van der Waals surface area contributed by atoms with Gasteiger partial charge in [-0.3, -0.25) is 4.90 Å². The number of urea groups is 1. The van der Waals surface area contributed by atoms with E-state index < -0.39 is 0 Å². The molecule has 0 saturated carbocycles. The van der Waals surface area contributed by atoms with E-state index in [0.717, 1.165) is 41.8 Å². The molecule has 2 rings (SSSR count). The predicted molar refractivity (Wildman–Crippen MR) is 79.4 cm³/mol. The molecule has 0 aromatic heterocycles. The van der Waals surface area contributed by atoms with Crippen molar-refractivity contribution in [2.75, 3.05) is 19.0 Å². The number of carbonyl (C=O) groups is 1. The maximum Gasteiger partial charge on any atom is 0.328 e. The quantitative estimate of drug-likeness (QED) is 0.790. The van der Waals surface area contributed by atoms with Gasteiger partial charge in [-0.2, -0.15) is 0 Å². The molecule has 0 fully saturated rings. The normalized spacial score (nSPS) is 14.2. The first-order chi connectivity index (χ1) is 9.02. The van der Waals surface area contributed by atoms with E-state index in [0.29, 0.717) is 0 Å². The van der Waals surface area contributed by atoms with E-state index in [1.807, 2.05) is 11.0 Å². The minimum atomic E-state index is 0.0329. The molecule has 0 bridgehead atoms. The van der Waals surface area contributed by atoms with Gasteiger partial charge in [0, 0.05) is 19.8 Å².